The Bertz CT molecular complexity index is 356. The van der Waals surface area contributed by atoms with E-state index in [0.717, 1.165) is 6.42 Å². The van der Waals surface area contributed by atoms with E-state index in [4.69, 9.17) is 4.52 Å². The van der Waals surface area contributed by atoms with Gasteiger partial charge in [-0.2, -0.15) is 4.98 Å². The molecule has 1 aromatic heterocycles. The molecule has 0 saturated heterocycles. The van der Waals surface area contributed by atoms with Crippen molar-refractivity contribution in [3.63, 3.8) is 0 Å². The van der Waals surface area contributed by atoms with Crippen molar-refractivity contribution in [1.29, 1.82) is 0 Å². The highest BCUT2D eigenvalue weighted by atomic mass is 16.5. The van der Waals surface area contributed by atoms with E-state index in [9.17, 15) is 4.79 Å². The smallest absolute Gasteiger partial charge is 0.227 e. The number of aromatic nitrogens is 2. The summed E-state index contributed by atoms with van der Waals surface area (Å²) in [6.45, 7) is 0. The van der Waals surface area contributed by atoms with E-state index in [1.165, 1.54) is 25.7 Å². The predicted octanol–water partition coefficient (Wildman–Crippen LogP) is 1.09. The van der Waals surface area contributed by atoms with Gasteiger partial charge in [0.2, 0.25) is 11.8 Å². The Labute approximate surface area is 94.6 Å². The molecule has 1 aliphatic carbocycles. The standard InChI is InChI=1S/C11H17N3O2/c1-12-10(15)7-9-13-11(16-14-9)6-8-4-2-3-5-8/h8H,2-7H2,1H3,(H,12,15). The van der Waals surface area contributed by atoms with Crippen LogP contribution in [0.3, 0.4) is 0 Å². The summed E-state index contributed by atoms with van der Waals surface area (Å²) in [5.74, 6) is 1.75. The molecule has 0 radical (unpaired) electrons. The number of carbonyl (C=O) groups excluding carboxylic acids is 1. The highest BCUT2D eigenvalue weighted by Crippen LogP contribution is 2.27. The van der Waals surface area contributed by atoms with Gasteiger partial charge in [-0.3, -0.25) is 4.79 Å². The molecule has 88 valence electrons. The van der Waals surface area contributed by atoms with Crippen LogP contribution in [0.2, 0.25) is 0 Å². The summed E-state index contributed by atoms with van der Waals surface area (Å²) >= 11 is 0. The monoisotopic (exact) mass is 223 g/mol. The lowest BCUT2D eigenvalue weighted by molar-refractivity contribution is -0.120. The molecule has 5 heteroatoms. The molecular formula is C11H17N3O2. The second kappa shape index (κ2) is 5.09. The van der Waals surface area contributed by atoms with Crippen molar-refractivity contribution >= 4 is 5.91 Å². The van der Waals surface area contributed by atoms with Gasteiger partial charge in [0.25, 0.3) is 0 Å². The minimum absolute atomic E-state index is 0.0896. The zero-order valence-corrected chi connectivity index (χ0v) is 9.53. The molecule has 0 atom stereocenters. The number of amides is 1. The van der Waals surface area contributed by atoms with E-state index in [1.54, 1.807) is 7.05 Å². The third-order valence-corrected chi connectivity index (χ3v) is 3.05. The molecule has 1 aliphatic rings. The Morgan fingerprint density at radius 1 is 1.50 bits per heavy atom. The van der Waals surface area contributed by atoms with Gasteiger partial charge in [-0.15, -0.1) is 0 Å². The topological polar surface area (TPSA) is 68.0 Å². The summed E-state index contributed by atoms with van der Waals surface area (Å²) in [5, 5.41) is 6.33. The molecular weight excluding hydrogens is 206 g/mol. The average molecular weight is 223 g/mol. The SMILES string of the molecule is CNC(=O)Cc1noc(CC2CCCC2)n1. The van der Waals surface area contributed by atoms with Crippen LogP contribution >= 0.6 is 0 Å². The lowest BCUT2D eigenvalue weighted by Crippen LogP contribution is -2.20. The Morgan fingerprint density at radius 2 is 2.25 bits per heavy atom. The number of hydrogen-bond acceptors (Lipinski definition) is 4. The quantitative estimate of drug-likeness (QED) is 0.829. The highest BCUT2D eigenvalue weighted by Gasteiger charge is 2.19. The van der Waals surface area contributed by atoms with E-state index in [2.05, 4.69) is 15.5 Å². The molecule has 1 fully saturated rings. The zero-order valence-electron chi connectivity index (χ0n) is 9.53. The first kappa shape index (κ1) is 11.1. The van der Waals surface area contributed by atoms with E-state index in [-0.39, 0.29) is 12.3 Å². The minimum Gasteiger partial charge on any atom is -0.359 e. The van der Waals surface area contributed by atoms with Crippen LogP contribution in [0.15, 0.2) is 4.52 Å². The van der Waals surface area contributed by atoms with Crippen molar-refractivity contribution in [3.8, 4) is 0 Å². The molecule has 16 heavy (non-hydrogen) atoms. The third-order valence-electron chi connectivity index (χ3n) is 3.05. The molecule has 0 spiro atoms. The van der Waals surface area contributed by atoms with Crippen LogP contribution in [0, 0.1) is 5.92 Å². The van der Waals surface area contributed by atoms with Crippen LogP contribution in [-0.2, 0) is 17.6 Å². The maximum atomic E-state index is 11.1. The van der Waals surface area contributed by atoms with Gasteiger partial charge in [0.15, 0.2) is 5.82 Å². The van der Waals surface area contributed by atoms with Crippen LogP contribution in [-0.4, -0.2) is 23.1 Å². The van der Waals surface area contributed by atoms with E-state index in [0.29, 0.717) is 17.6 Å². The maximum Gasteiger partial charge on any atom is 0.227 e. The molecule has 5 nitrogen and oxygen atoms in total. The van der Waals surface area contributed by atoms with E-state index < -0.39 is 0 Å². The van der Waals surface area contributed by atoms with Crippen LogP contribution < -0.4 is 5.32 Å². The molecule has 1 heterocycles. The van der Waals surface area contributed by atoms with Crippen LogP contribution in [0.5, 0.6) is 0 Å². The largest absolute Gasteiger partial charge is 0.359 e. The second-order valence-corrected chi connectivity index (χ2v) is 4.31. The van der Waals surface area contributed by atoms with E-state index in [1.807, 2.05) is 0 Å². The van der Waals surface area contributed by atoms with Gasteiger partial charge in [0, 0.05) is 13.5 Å². The predicted molar refractivity (Wildman–Crippen MR) is 57.7 cm³/mol. The van der Waals surface area contributed by atoms with Crippen molar-refractivity contribution in [2.45, 2.75) is 38.5 Å². The fraction of sp³-hybridized carbons (Fsp3) is 0.727. The summed E-state index contributed by atoms with van der Waals surface area (Å²) in [7, 11) is 1.60. The van der Waals surface area contributed by atoms with Gasteiger partial charge in [0.1, 0.15) is 0 Å². The Hall–Kier alpha value is -1.39. The first-order valence-electron chi connectivity index (χ1n) is 5.80. The van der Waals surface area contributed by atoms with Gasteiger partial charge < -0.3 is 9.84 Å². The van der Waals surface area contributed by atoms with Gasteiger partial charge in [-0.25, -0.2) is 0 Å². The fourth-order valence-corrected chi connectivity index (χ4v) is 2.14. The van der Waals surface area contributed by atoms with E-state index >= 15 is 0 Å². The summed E-state index contributed by atoms with van der Waals surface area (Å²) < 4.78 is 5.13. The minimum atomic E-state index is -0.0896. The number of carbonyl (C=O) groups is 1. The molecule has 0 aromatic carbocycles. The zero-order chi connectivity index (χ0) is 11.4. The first-order chi connectivity index (χ1) is 7.78. The van der Waals surface area contributed by atoms with Gasteiger partial charge in [0.05, 0.1) is 6.42 Å². The molecule has 0 aliphatic heterocycles. The normalized spacial score (nSPS) is 16.6. The first-order valence-corrected chi connectivity index (χ1v) is 5.80. The molecule has 1 saturated carbocycles. The lowest BCUT2D eigenvalue weighted by atomic mass is 10.0. The number of likely N-dealkylation sites (N-methyl/N-ethyl adjacent to an activating group) is 1. The number of nitrogens with one attached hydrogen (secondary N) is 1. The van der Waals surface area contributed by atoms with Crippen molar-refractivity contribution in [3.05, 3.63) is 11.7 Å². The van der Waals surface area contributed by atoms with Crippen LogP contribution in [0.4, 0.5) is 0 Å². The molecule has 2 rings (SSSR count). The van der Waals surface area contributed by atoms with Crippen molar-refractivity contribution in [1.82, 2.24) is 15.5 Å². The summed E-state index contributed by atoms with van der Waals surface area (Å²) in [5.41, 5.74) is 0. The van der Waals surface area contributed by atoms with Crippen LogP contribution in [0.25, 0.3) is 0 Å². The summed E-state index contributed by atoms with van der Waals surface area (Å²) in [6.07, 6.45) is 6.19. The summed E-state index contributed by atoms with van der Waals surface area (Å²) in [4.78, 5) is 15.3. The van der Waals surface area contributed by atoms with Gasteiger partial charge in [-0.05, 0) is 18.8 Å². The maximum absolute atomic E-state index is 11.1. The fourth-order valence-electron chi connectivity index (χ4n) is 2.14. The molecule has 1 N–H and O–H groups in total. The summed E-state index contributed by atoms with van der Waals surface area (Å²) in [6, 6.07) is 0. The Morgan fingerprint density at radius 3 is 2.94 bits per heavy atom. The molecule has 1 amide bonds. The molecule has 1 aromatic rings. The van der Waals surface area contributed by atoms with Crippen LogP contribution in [0.1, 0.15) is 37.4 Å². The highest BCUT2D eigenvalue weighted by molar-refractivity contribution is 5.77. The van der Waals surface area contributed by atoms with Crippen molar-refractivity contribution < 1.29 is 9.32 Å². The average Bonchev–Trinajstić information content (AvgIpc) is 2.91. The number of rotatable bonds is 4. The van der Waals surface area contributed by atoms with Crippen molar-refractivity contribution in [2.24, 2.45) is 5.92 Å². The lowest BCUT2D eigenvalue weighted by Gasteiger charge is -2.02. The number of nitrogens with zero attached hydrogens (tertiary/aromatic N) is 2. The van der Waals surface area contributed by atoms with Crippen molar-refractivity contribution in [2.75, 3.05) is 7.05 Å². The number of hydrogen-bond donors (Lipinski definition) is 1. The Balaban J connectivity index is 1.88. The Kier molecular flexibility index (Phi) is 3.54. The molecule has 0 bridgehead atoms. The molecule has 0 unspecified atom stereocenters. The van der Waals surface area contributed by atoms with Gasteiger partial charge >= 0.3 is 0 Å². The third kappa shape index (κ3) is 2.81. The van der Waals surface area contributed by atoms with Gasteiger partial charge in [-0.1, -0.05) is 18.0 Å². The second-order valence-electron chi connectivity index (χ2n) is 4.31.